The second-order valence-corrected chi connectivity index (χ2v) is 10.9. The quantitative estimate of drug-likeness (QED) is 0.135. The summed E-state index contributed by atoms with van der Waals surface area (Å²) in [6.07, 6.45) is 7.20. The number of aliphatic hydroxyl groups is 1. The lowest BCUT2D eigenvalue weighted by Crippen LogP contribution is -2.58. The van der Waals surface area contributed by atoms with Gasteiger partial charge >= 0.3 is 0 Å². The van der Waals surface area contributed by atoms with Crippen molar-refractivity contribution in [3.05, 3.63) is 29.1 Å². The molecule has 0 aromatic heterocycles. The minimum absolute atomic E-state index is 0.194. The largest absolute Gasteiger partial charge is 0.493 e. The van der Waals surface area contributed by atoms with Gasteiger partial charge in [-0.05, 0) is 38.2 Å². The average Bonchev–Trinajstić information content (AvgIpc) is 2.97. The Labute approximate surface area is 248 Å². The first-order valence-corrected chi connectivity index (χ1v) is 16.2. The molecule has 1 aliphatic rings. The lowest BCUT2D eigenvalue weighted by atomic mass is 9.89. The van der Waals surface area contributed by atoms with Crippen LogP contribution in [0.15, 0.2) is 12.1 Å². The maximum absolute atomic E-state index is 14.9. The number of rotatable bonds is 23. The molecule has 1 saturated heterocycles. The molecule has 0 spiro atoms. The predicted molar refractivity (Wildman–Crippen MR) is 160 cm³/mol. The van der Waals surface area contributed by atoms with Crippen LogP contribution in [0.1, 0.15) is 116 Å². The van der Waals surface area contributed by atoms with Crippen molar-refractivity contribution in [2.75, 3.05) is 39.6 Å². The molecule has 0 bridgehead atoms. The van der Waals surface area contributed by atoms with Crippen LogP contribution in [0.4, 0.5) is 4.39 Å². The second kappa shape index (κ2) is 21.4. The minimum atomic E-state index is -0.619. The van der Waals surface area contributed by atoms with Gasteiger partial charge in [-0.1, -0.05) is 66.7 Å². The van der Waals surface area contributed by atoms with Gasteiger partial charge in [0, 0.05) is 43.6 Å². The topological polar surface area (TPSA) is 75.6 Å². The summed E-state index contributed by atoms with van der Waals surface area (Å²) in [4.78, 5) is 0. The van der Waals surface area contributed by atoms with E-state index in [1.807, 2.05) is 0 Å². The molecule has 0 radical (unpaired) electrons. The van der Waals surface area contributed by atoms with Crippen LogP contribution in [0, 0.1) is 5.82 Å². The zero-order valence-electron chi connectivity index (χ0n) is 26.3. The second-order valence-electron chi connectivity index (χ2n) is 10.9. The molecule has 1 N–H and O–H groups in total. The van der Waals surface area contributed by atoms with Crippen molar-refractivity contribution in [3.8, 4) is 5.75 Å². The predicted octanol–water partition coefficient (Wildman–Crippen LogP) is 7.31. The zero-order chi connectivity index (χ0) is 29.9. The van der Waals surface area contributed by atoms with Gasteiger partial charge in [-0.2, -0.15) is 0 Å². The van der Waals surface area contributed by atoms with Gasteiger partial charge in [0.05, 0.1) is 19.8 Å². The van der Waals surface area contributed by atoms with Crippen LogP contribution in [-0.2, 0) is 30.3 Å². The van der Waals surface area contributed by atoms with E-state index in [0.29, 0.717) is 51.0 Å². The average molecular weight is 585 g/mol. The molecule has 5 atom stereocenters. The van der Waals surface area contributed by atoms with Gasteiger partial charge in [-0.3, -0.25) is 0 Å². The monoisotopic (exact) mass is 584 g/mol. The molecular formula is C33H57FO7. The summed E-state index contributed by atoms with van der Waals surface area (Å²) in [5, 5.41) is 9.94. The van der Waals surface area contributed by atoms with Crippen molar-refractivity contribution in [3.63, 3.8) is 0 Å². The molecule has 1 aromatic carbocycles. The van der Waals surface area contributed by atoms with Crippen molar-refractivity contribution in [2.24, 2.45) is 0 Å². The highest BCUT2D eigenvalue weighted by molar-refractivity contribution is 5.41. The summed E-state index contributed by atoms with van der Waals surface area (Å²) in [6, 6.07) is 3.03. The van der Waals surface area contributed by atoms with Crippen molar-refractivity contribution in [1.29, 1.82) is 0 Å². The molecule has 1 aliphatic heterocycles. The molecule has 8 heteroatoms. The Morgan fingerprint density at radius 1 is 0.707 bits per heavy atom. The fourth-order valence-electron chi connectivity index (χ4n) is 4.82. The van der Waals surface area contributed by atoms with Crippen LogP contribution >= 0.6 is 0 Å². The molecule has 3 unspecified atom stereocenters. The van der Waals surface area contributed by atoms with Crippen LogP contribution in [-0.4, -0.2) is 69.2 Å². The number of aliphatic hydroxyl groups excluding tert-OH is 1. The van der Waals surface area contributed by atoms with Crippen LogP contribution < -0.4 is 4.74 Å². The van der Waals surface area contributed by atoms with Crippen molar-refractivity contribution in [1.82, 2.24) is 0 Å². The van der Waals surface area contributed by atoms with E-state index in [4.69, 9.17) is 28.4 Å². The highest BCUT2D eigenvalue weighted by Gasteiger charge is 2.49. The molecule has 1 fully saturated rings. The first-order valence-electron chi connectivity index (χ1n) is 16.2. The summed E-state index contributed by atoms with van der Waals surface area (Å²) in [6.45, 7) is 13.3. The molecule has 1 aromatic rings. The maximum atomic E-state index is 14.9. The molecular weight excluding hydrogens is 527 g/mol. The van der Waals surface area contributed by atoms with Crippen molar-refractivity contribution in [2.45, 2.75) is 136 Å². The Morgan fingerprint density at radius 2 is 1.24 bits per heavy atom. The van der Waals surface area contributed by atoms with Crippen LogP contribution in [0.5, 0.6) is 5.75 Å². The molecule has 1 heterocycles. The van der Waals surface area contributed by atoms with Gasteiger partial charge in [-0.25, -0.2) is 4.39 Å². The van der Waals surface area contributed by atoms with E-state index in [-0.39, 0.29) is 11.7 Å². The van der Waals surface area contributed by atoms with Gasteiger partial charge in [0.15, 0.2) is 0 Å². The van der Waals surface area contributed by atoms with E-state index in [1.165, 1.54) is 6.07 Å². The maximum Gasteiger partial charge on any atom is 0.132 e. The van der Waals surface area contributed by atoms with Crippen molar-refractivity contribution < 1.29 is 37.9 Å². The summed E-state index contributed by atoms with van der Waals surface area (Å²) in [5.41, 5.74) is 0.849. The molecule has 0 aliphatic carbocycles. The van der Waals surface area contributed by atoms with E-state index in [1.54, 1.807) is 6.07 Å². The number of hydrogen-bond acceptors (Lipinski definition) is 7. The number of unbranched alkanes of at least 4 members (excludes halogenated alkanes) is 5. The molecule has 238 valence electrons. The van der Waals surface area contributed by atoms with E-state index >= 15 is 0 Å². The normalized spacial score (nSPS) is 22.8. The van der Waals surface area contributed by atoms with Crippen LogP contribution in [0.25, 0.3) is 0 Å². The highest BCUT2D eigenvalue weighted by atomic mass is 19.1. The number of benzene rings is 1. The SMILES string of the molecule is CCCCOCC1OC(c2cc(CO)c(F)cc2OCCCC)[C@H](OCCCC)C(OCCCC)[C@@H]1OCCCC. The summed E-state index contributed by atoms with van der Waals surface area (Å²) >= 11 is 0. The Kier molecular flexibility index (Phi) is 18.7. The van der Waals surface area contributed by atoms with Gasteiger partial charge in [0.25, 0.3) is 0 Å². The summed E-state index contributed by atoms with van der Waals surface area (Å²) in [5.74, 6) is -0.0940. The molecule has 0 saturated carbocycles. The zero-order valence-corrected chi connectivity index (χ0v) is 26.3. The van der Waals surface area contributed by atoms with Gasteiger partial charge in [-0.15, -0.1) is 0 Å². The summed E-state index contributed by atoms with van der Waals surface area (Å²) in [7, 11) is 0. The fourth-order valence-corrected chi connectivity index (χ4v) is 4.82. The van der Waals surface area contributed by atoms with E-state index in [2.05, 4.69) is 34.6 Å². The minimum Gasteiger partial charge on any atom is -0.493 e. The van der Waals surface area contributed by atoms with Crippen LogP contribution in [0.3, 0.4) is 0 Å². The first-order chi connectivity index (χ1) is 20.1. The molecule has 2 rings (SSSR count). The van der Waals surface area contributed by atoms with Gasteiger partial charge in [0.1, 0.15) is 42.1 Å². The van der Waals surface area contributed by atoms with E-state index < -0.39 is 36.8 Å². The summed E-state index contributed by atoms with van der Waals surface area (Å²) < 4.78 is 53.6. The Morgan fingerprint density at radius 3 is 1.83 bits per heavy atom. The molecule has 7 nitrogen and oxygen atoms in total. The van der Waals surface area contributed by atoms with E-state index in [0.717, 1.165) is 64.2 Å². The third kappa shape index (κ3) is 11.7. The first kappa shape index (κ1) is 35.9. The Bertz CT molecular complexity index is 808. The van der Waals surface area contributed by atoms with Crippen molar-refractivity contribution >= 4 is 0 Å². The number of ether oxygens (including phenoxy) is 6. The lowest BCUT2D eigenvalue weighted by molar-refractivity contribution is -0.268. The van der Waals surface area contributed by atoms with Gasteiger partial charge in [0.2, 0.25) is 0 Å². The third-order valence-corrected chi connectivity index (χ3v) is 7.39. The standard InChI is InChI=1S/C33H57FO7/c1-6-11-16-36-24-29-31(38-18-13-8-3)33(40-20-15-10-5)32(39-19-14-9-4)30(41-29)26-21-25(23-35)27(34)22-28(26)37-17-12-7-2/h21-22,29-33,35H,6-20,23-24H2,1-5H3/t29?,30?,31-,32+,33?/m1/s1. The lowest BCUT2D eigenvalue weighted by Gasteiger charge is -2.46. The van der Waals surface area contributed by atoms with E-state index in [9.17, 15) is 9.50 Å². The Balaban J connectivity index is 2.57. The molecule has 0 amide bonds. The third-order valence-electron chi connectivity index (χ3n) is 7.39. The fraction of sp³-hybridized carbons (Fsp3) is 0.818. The number of hydrogen-bond donors (Lipinski definition) is 1. The van der Waals surface area contributed by atoms with Crippen LogP contribution in [0.2, 0.25) is 0 Å². The Hall–Kier alpha value is -1.29. The smallest absolute Gasteiger partial charge is 0.132 e. The number of halogens is 1. The molecule has 41 heavy (non-hydrogen) atoms. The van der Waals surface area contributed by atoms with Gasteiger partial charge < -0.3 is 33.5 Å². The highest BCUT2D eigenvalue weighted by Crippen LogP contribution is 2.42.